The predicted molar refractivity (Wildman–Crippen MR) is 48.6 cm³/mol. The van der Waals surface area contributed by atoms with Gasteiger partial charge >= 0.3 is 0 Å². The lowest BCUT2D eigenvalue weighted by molar-refractivity contribution is 0.974. The molecule has 1 heterocycles. The number of aromatic nitrogens is 2. The van der Waals surface area contributed by atoms with Gasteiger partial charge in [0.2, 0.25) is 0 Å². The Bertz CT molecular complexity index is 294. The van der Waals surface area contributed by atoms with E-state index in [2.05, 4.69) is 15.0 Å². The molecule has 0 aliphatic carbocycles. The van der Waals surface area contributed by atoms with Crippen molar-refractivity contribution in [2.75, 3.05) is 0 Å². The molecule has 0 amide bonds. The second-order valence-corrected chi connectivity index (χ2v) is 2.57. The van der Waals surface area contributed by atoms with Crippen LogP contribution in [0.1, 0.15) is 17.2 Å². The summed E-state index contributed by atoms with van der Waals surface area (Å²) in [5, 5.41) is 0. The first-order chi connectivity index (χ1) is 5.65. The zero-order valence-electron chi connectivity index (χ0n) is 7.50. The van der Waals surface area contributed by atoms with Crippen LogP contribution in [-0.4, -0.2) is 16.3 Å². The Balaban J connectivity index is 3.28. The fraction of sp³-hybridized carbons (Fsp3) is 0.375. The summed E-state index contributed by atoms with van der Waals surface area (Å²) in [4.78, 5) is 12.3. The summed E-state index contributed by atoms with van der Waals surface area (Å²) >= 11 is 0. The van der Waals surface area contributed by atoms with E-state index in [1.54, 1.807) is 0 Å². The molecule has 1 aromatic heterocycles. The van der Waals surface area contributed by atoms with Crippen molar-refractivity contribution in [2.45, 2.75) is 20.8 Å². The van der Waals surface area contributed by atoms with Gasteiger partial charge in [0.25, 0.3) is 0 Å². The number of rotatable bonds is 1. The van der Waals surface area contributed by atoms with Crippen LogP contribution in [0.2, 0.25) is 0 Å². The molecule has 0 aliphatic rings. The second kappa shape index (κ2) is 3.30. The van der Waals surface area contributed by atoms with Gasteiger partial charge in [-0.1, -0.05) is 0 Å². The summed E-state index contributed by atoms with van der Waals surface area (Å²) in [6.07, 6.45) is 1.26. The predicted octanol–water partition coefficient (Wildman–Crippen LogP) is 1.02. The van der Waals surface area contributed by atoms with Crippen molar-refractivity contribution in [3.8, 4) is 0 Å². The summed E-state index contributed by atoms with van der Waals surface area (Å²) < 4.78 is 0. The zero-order valence-corrected chi connectivity index (χ0v) is 7.50. The van der Waals surface area contributed by atoms with E-state index >= 15 is 0 Å². The van der Waals surface area contributed by atoms with Gasteiger partial charge in [0.05, 0.1) is 17.7 Å². The number of nitrogens with two attached hydrogens (primary N) is 1. The maximum absolute atomic E-state index is 5.19. The quantitative estimate of drug-likeness (QED) is 0.498. The largest absolute Gasteiger partial charge is 0.390 e. The number of hydrogen-bond donors (Lipinski definition) is 1. The van der Waals surface area contributed by atoms with Crippen LogP contribution in [0.25, 0.3) is 0 Å². The minimum atomic E-state index is 0.765. The van der Waals surface area contributed by atoms with Gasteiger partial charge in [-0.3, -0.25) is 0 Å². The van der Waals surface area contributed by atoms with Crippen molar-refractivity contribution in [1.82, 2.24) is 9.97 Å². The minimum absolute atomic E-state index is 0.765. The standard InChI is InChI=1S/C8H12N4/c1-5-8(10-4-9)6(2)12-7(3)11-5/h4H,1-3H3,(H2,9,10). The van der Waals surface area contributed by atoms with Crippen LogP contribution >= 0.6 is 0 Å². The number of aryl methyl sites for hydroxylation is 3. The molecule has 0 aromatic carbocycles. The molecule has 0 bridgehead atoms. The molecule has 0 saturated heterocycles. The third kappa shape index (κ3) is 1.58. The molecule has 1 aromatic rings. The minimum Gasteiger partial charge on any atom is -0.390 e. The Hall–Kier alpha value is -1.45. The zero-order chi connectivity index (χ0) is 9.14. The maximum atomic E-state index is 5.19. The number of hydrogen-bond acceptors (Lipinski definition) is 3. The van der Waals surface area contributed by atoms with Crippen LogP contribution in [0, 0.1) is 20.8 Å². The van der Waals surface area contributed by atoms with Gasteiger partial charge in [0, 0.05) is 0 Å². The van der Waals surface area contributed by atoms with Crippen molar-refractivity contribution in [2.24, 2.45) is 10.7 Å². The van der Waals surface area contributed by atoms with Gasteiger partial charge in [-0.2, -0.15) is 0 Å². The summed E-state index contributed by atoms with van der Waals surface area (Å²) in [6.45, 7) is 5.64. The summed E-state index contributed by atoms with van der Waals surface area (Å²) in [7, 11) is 0. The van der Waals surface area contributed by atoms with Crippen LogP contribution in [0.3, 0.4) is 0 Å². The molecule has 4 heteroatoms. The van der Waals surface area contributed by atoms with Crippen molar-refractivity contribution in [3.63, 3.8) is 0 Å². The van der Waals surface area contributed by atoms with E-state index in [1.165, 1.54) is 6.34 Å². The fourth-order valence-corrected chi connectivity index (χ4v) is 1.14. The molecule has 0 spiro atoms. The van der Waals surface area contributed by atoms with E-state index in [1.807, 2.05) is 20.8 Å². The average Bonchev–Trinajstić information content (AvgIpc) is 1.96. The van der Waals surface area contributed by atoms with Crippen molar-refractivity contribution < 1.29 is 0 Å². The van der Waals surface area contributed by atoms with E-state index in [-0.39, 0.29) is 0 Å². The van der Waals surface area contributed by atoms with Crippen molar-refractivity contribution >= 4 is 12.0 Å². The fourth-order valence-electron chi connectivity index (χ4n) is 1.14. The van der Waals surface area contributed by atoms with Crippen molar-refractivity contribution in [1.29, 1.82) is 0 Å². The Morgan fingerprint density at radius 3 is 2.08 bits per heavy atom. The Kier molecular flexibility index (Phi) is 2.38. The SMILES string of the molecule is Cc1nc(C)c(N=CN)c(C)n1. The molecule has 0 atom stereocenters. The highest BCUT2D eigenvalue weighted by atomic mass is 14.9. The van der Waals surface area contributed by atoms with Gasteiger partial charge in [0.1, 0.15) is 11.5 Å². The molecule has 1 rings (SSSR count). The van der Waals surface area contributed by atoms with Crippen LogP contribution < -0.4 is 5.73 Å². The van der Waals surface area contributed by atoms with Gasteiger partial charge in [-0.05, 0) is 20.8 Å². The van der Waals surface area contributed by atoms with Gasteiger partial charge in [-0.15, -0.1) is 0 Å². The molecule has 0 fully saturated rings. The van der Waals surface area contributed by atoms with Gasteiger partial charge in [-0.25, -0.2) is 15.0 Å². The van der Waals surface area contributed by atoms with Crippen LogP contribution in [0.4, 0.5) is 5.69 Å². The third-order valence-corrected chi connectivity index (χ3v) is 1.55. The molecule has 0 saturated carbocycles. The highest BCUT2D eigenvalue weighted by Crippen LogP contribution is 2.18. The molecule has 0 unspecified atom stereocenters. The molecule has 2 N–H and O–H groups in total. The van der Waals surface area contributed by atoms with Gasteiger partial charge < -0.3 is 5.73 Å². The third-order valence-electron chi connectivity index (χ3n) is 1.55. The molecular weight excluding hydrogens is 152 g/mol. The van der Waals surface area contributed by atoms with Crippen LogP contribution in [0.5, 0.6) is 0 Å². The first-order valence-corrected chi connectivity index (χ1v) is 3.71. The normalized spacial score (nSPS) is 10.9. The molecule has 4 nitrogen and oxygen atoms in total. The number of aliphatic imine (C=N–C) groups is 1. The second-order valence-electron chi connectivity index (χ2n) is 2.57. The first-order valence-electron chi connectivity index (χ1n) is 3.71. The van der Waals surface area contributed by atoms with E-state index in [4.69, 9.17) is 5.73 Å². The first kappa shape index (κ1) is 8.64. The van der Waals surface area contributed by atoms with E-state index in [0.29, 0.717) is 0 Å². The average molecular weight is 164 g/mol. The van der Waals surface area contributed by atoms with Crippen LogP contribution in [0.15, 0.2) is 4.99 Å². The molecule has 64 valence electrons. The summed E-state index contributed by atoms with van der Waals surface area (Å²) in [5.41, 5.74) is 7.68. The molecule has 0 aliphatic heterocycles. The molecular formula is C8H12N4. The monoisotopic (exact) mass is 164 g/mol. The van der Waals surface area contributed by atoms with Crippen LogP contribution in [-0.2, 0) is 0 Å². The van der Waals surface area contributed by atoms with Gasteiger partial charge in [0.15, 0.2) is 0 Å². The lowest BCUT2D eigenvalue weighted by Crippen LogP contribution is -1.96. The summed E-state index contributed by atoms with van der Waals surface area (Å²) in [5.74, 6) is 0.765. The Labute approximate surface area is 71.6 Å². The van der Waals surface area contributed by atoms with E-state index in [9.17, 15) is 0 Å². The lowest BCUT2D eigenvalue weighted by atomic mass is 10.3. The Morgan fingerprint density at radius 1 is 1.17 bits per heavy atom. The van der Waals surface area contributed by atoms with Crippen molar-refractivity contribution in [3.05, 3.63) is 17.2 Å². The lowest BCUT2D eigenvalue weighted by Gasteiger charge is -2.03. The van der Waals surface area contributed by atoms with E-state index < -0.39 is 0 Å². The highest BCUT2D eigenvalue weighted by Gasteiger charge is 2.03. The maximum Gasteiger partial charge on any atom is 0.125 e. The van der Waals surface area contributed by atoms with E-state index in [0.717, 1.165) is 22.9 Å². The Morgan fingerprint density at radius 2 is 1.67 bits per heavy atom. The highest BCUT2D eigenvalue weighted by molar-refractivity contribution is 5.61. The molecule has 0 radical (unpaired) electrons. The number of nitrogens with zero attached hydrogens (tertiary/aromatic N) is 3. The summed E-state index contributed by atoms with van der Waals surface area (Å²) in [6, 6.07) is 0. The molecule has 12 heavy (non-hydrogen) atoms. The smallest absolute Gasteiger partial charge is 0.125 e. The topological polar surface area (TPSA) is 64.2 Å².